The summed E-state index contributed by atoms with van der Waals surface area (Å²) in [6.45, 7) is 3.03. The molecule has 130 valence electrons. The first kappa shape index (κ1) is 18.2. The molecule has 0 bridgehead atoms. The fourth-order valence-corrected chi connectivity index (χ4v) is 4.20. The van der Waals surface area contributed by atoms with Crippen molar-refractivity contribution in [3.8, 4) is 0 Å². The molecule has 1 aromatic rings. The third-order valence-electron chi connectivity index (χ3n) is 4.03. The fraction of sp³-hybridized carbons (Fsp3) is 0.600. The minimum Gasteiger partial charge on any atom is -0.195 e. The van der Waals surface area contributed by atoms with Gasteiger partial charge in [0.05, 0.1) is 5.56 Å². The number of rotatable bonds is 4. The highest BCUT2D eigenvalue weighted by Gasteiger charge is 2.32. The van der Waals surface area contributed by atoms with Crippen molar-refractivity contribution in [2.24, 2.45) is 5.92 Å². The Morgan fingerprint density at radius 3 is 2.39 bits per heavy atom. The smallest absolute Gasteiger partial charge is 0.195 e. The average molecular weight is 350 g/mol. The van der Waals surface area contributed by atoms with Crippen molar-refractivity contribution in [1.29, 1.82) is 0 Å². The Hall–Kier alpha value is -1.12. The third kappa shape index (κ3) is 4.45. The second-order valence-electron chi connectivity index (χ2n) is 6.06. The Balaban J connectivity index is 2.07. The monoisotopic (exact) mass is 350 g/mol. The van der Waals surface area contributed by atoms with E-state index in [0.717, 1.165) is 25.0 Å². The van der Waals surface area contributed by atoms with Crippen LogP contribution in [0.4, 0.5) is 13.2 Å². The maximum atomic E-state index is 12.5. The molecule has 4 nitrogen and oxygen atoms in total. The van der Waals surface area contributed by atoms with Crippen LogP contribution in [-0.4, -0.2) is 37.2 Å². The largest absolute Gasteiger partial charge is 0.416 e. The predicted molar refractivity (Wildman–Crippen MR) is 81.8 cm³/mol. The van der Waals surface area contributed by atoms with Gasteiger partial charge in [-0.2, -0.15) is 30.2 Å². The third-order valence-corrected chi connectivity index (χ3v) is 5.93. The van der Waals surface area contributed by atoms with Gasteiger partial charge in [-0.1, -0.05) is 19.1 Å². The molecule has 0 aromatic heterocycles. The molecule has 1 saturated heterocycles. The Labute approximate surface area is 135 Å². The van der Waals surface area contributed by atoms with E-state index in [-0.39, 0.29) is 6.54 Å². The fourth-order valence-electron chi connectivity index (χ4n) is 2.69. The molecular weight excluding hydrogens is 329 g/mol. The second-order valence-corrected chi connectivity index (χ2v) is 8.10. The van der Waals surface area contributed by atoms with Crippen LogP contribution in [0, 0.1) is 5.92 Å². The molecule has 1 aliphatic heterocycles. The Morgan fingerprint density at radius 1 is 1.26 bits per heavy atom. The lowest BCUT2D eigenvalue weighted by atomic mass is 10.0. The molecule has 1 aliphatic rings. The number of alkyl halides is 3. The molecule has 2 rings (SSSR count). The molecule has 8 heteroatoms. The summed E-state index contributed by atoms with van der Waals surface area (Å²) in [5.41, 5.74) is -0.217. The summed E-state index contributed by atoms with van der Waals surface area (Å²) in [7, 11) is -2.14. The molecule has 1 atom stereocenters. The van der Waals surface area contributed by atoms with Crippen molar-refractivity contribution >= 4 is 10.2 Å². The molecule has 0 saturated carbocycles. The quantitative estimate of drug-likeness (QED) is 0.837. The number of nitrogens with zero attached hydrogens (tertiary/aromatic N) is 2. The van der Waals surface area contributed by atoms with E-state index in [1.54, 1.807) is 0 Å². The summed E-state index contributed by atoms with van der Waals surface area (Å²) in [4.78, 5) is 0. The first-order valence-electron chi connectivity index (χ1n) is 7.48. The summed E-state index contributed by atoms with van der Waals surface area (Å²) in [6, 6.07) is 4.57. The lowest BCUT2D eigenvalue weighted by Crippen LogP contribution is -2.45. The van der Waals surface area contributed by atoms with E-state index in [1.807, 2.05) is 6.92 Å². The lowest BCUT2D eigenvalue weighted by molar-refractivity contribution is -0.137. The van der Waals surface area contributed by atoms with Crippen LogP contribution in [0.2, 0.25) is 0 Å². The molecule has 1 heterocycles. The van der Waals surface area contributed by atoms with E-state index in [4.69, 9.17) is 0 Å². The number of piperidine rings is 1. The van der Waals surface area contributed by atoms with E-state index in [0.29, 0.717) is 24.6 Å². The zero-order valence-corrected chi connectivity index (χ0v) is 14.0. The van der Waals surface area contributed by atoms with Crippen LogP contribution in [0.3, 0.4) is 0 Å². The predicted octanol–water partition coefficient (Wildman–Crippen LogP) is 3.11. The average Bonchev–Trinajstić information content (AvgIpc) is 2.46. The Morgan fingerprint density at radius 2 is 1.87 bits per heavy atom. The molecule has 0 spiro atoms. The Bertz CT molecular complexity index is 629. The molecule has 0 N–H and O–H groups in total. The maximum Gasteiger partial charge on any atom is 0.416 e. The molecule has 1 unspecified atom stereocenters. The van der Waals surface area contributed by atoms with Crippen molar-refractivity contribution < 1.29 is 21.6 Å². The zero-order valence-electron chi connectivity index (χ0n) is 13.2. The summed E-state index contributed by atoms with van der Waals surface area (Å²) in [6.07, 6.45) is -2.55. The van der Waals surface area contributed by atoms with Crippen LogP contribution < -0.4 is 0 Å². The van der Waals surface area contributed by atoms with Gasteiger partial charge in [-0.3, -0.25) is 0 Å². The highest BCUT2D eigenvalue weighted by atomic mass is 32.2. The van der Waals surface area contributed by atoms with Gasteiger partial charge in [0.1, 0.15) is 0 Å². The van der Waals surface area contributed by atoms with Gasteiger partial charge >= 0.3 is 6.18 Å². The van der Waals surface area contributed by atoms with E-state index in [2.05, 4.69) is 0 Å². The van der Waals surface area contributed by atoms with Crippen molar-refractivity contribution in [3.05, 3.63) is 35.4 Å². The highest BCUT2D eigenvalue weighted by Crippen LogP contribution is 2.29. The number of benzene rings is 1. The van der Waals surface area contributed by atoms with Crippen LogP contribution in [-0.2, 0) is 22.9 Å². The van der Waals surface area contributed by atoms with Crippen molar-refractivity contribution in [2.75, 3.05) is 20.1 Å². The summed E-state index contributed by atoms with van der Waals surface area (Å²) >= 11 is 0. The maximum absolute atomic E-state index is 12.5. The van der Waals surface area contributed by atoms with Crippen LogP contribution in [0.1, 0.15) is 30.9 Å². The van der Waals surface area contributed by atoms with Crippen molar-refractivity contribution in [3.63, 3.8) is 0 Å². The zero-order chi connectivity index (χ0) is 17.3. The van der Waals surface area contributed by atoms with E-state index < -0.39 is 21.9 Å². The minimum absolute atomic E-state index is 0.0470. The number of hydrogen-bond acceptors (Lipinski definition) is 2. The van der Waals surface area contributed by atoms with Crippen molar-refractivity contribution in [1.82, 2.24) is 8.61 Å². The standard InChI is InChI=1S/C15H21F3N2O2S/c1-12-4-3-9-20(10-12)23(21,22)19(2)11-13-5-7-14(8-6-13)15(16,17)18/h5-8,12H,3-4,9-11H2,1-2H3. The first-order valence-corrected chi connectivity index (χ1v) is 8.88. The summed E-state index contributed by atoms with van der Waals surface area (Å²) in [5, 5.41) is 0. The van der Waals surface area contributed by atoms with Crippen LogP contribution in [0.25, 0.3) is 0 Å². The summed E-state index contributed by atoms with van der Waals surface area (Å²) < 4.78 is 65.3. The van der Waals surface area contributed by atoms with Gasteiger partial charge in [0.25, 0.3) is 10.2 Å². The first-order chi connectivity index (χ1) is 10.6. The van der Waals surface area contributed by atoms with Crippen molar-refractivity contribution in [2.45, 2.75) is 32.5 Å². The van der Waals surface area contributed by atoms with Crippen LogP contribution in [0.5, 0.6) is 0 Å². The molecule has 1 aromatic carbocycles. The molecule has 0 radical (unpaired) electrons. The van der Waals surface area contributed by atoms with Crippen LogP contribution in [0.15, 0.2) is 24.3 Å². The molecule has 23 heavy (non-hydrogen) atoms. The van der Waals surface area contributed by atoms with Gasteiger partial charge in [-0.15, -0.1) is 0 Å². The van der Waals surface area contributed by atoms with Gasteiger partial charge < -0.3 is 0 Å². The van der Waals surface area contributed by atoms with Gasteiger partial charge in [0.2, 0.25) is 0 Å². The molecule has 0 amide bonds. The van der Waals surface area contributed by atoms with Gasteiger partial charge in [0.15, 0.2) is 0 Å². The molecule has 0 aliphatic carbocycles. The lowest BCUT2D eigenvalue weighted by Gasteiger charge is -2.33. The normalized spacial score (nSPS) is 20.9. The van der Waals surface area contributed by atoms with E-state index in [9.17, 15) is 21.6 Å². The number of halogens is 3. The Kier molecular flexibility index (Phi) is 5.37. The van der Waals surface area contributed by atoms with Gasteiger partial charge in [0, 0.05) is 26.7 Å². The number of hydrogen-bond donors (Lipinski definition) is 0. The van der Waals surface area contributed by atoms with Gasteiger partial charge in [-0.25, -0.2) is 0 Å². The minimum atomic E-state index is -4.39. The van der Waals surface area contributed by atoms with Crippen LogP contribution >= 0.6 is 0 Å². The topological polar surface area (TPSA) is 40.6 Å². The van der Waals surface area contributed by atoms with E-state index >= 15 is 0 Å². The molecular formula is C15H21F3N2O2S. The SMILES string of the molecule is CC1CCCN(S(=O)(=O)N(C)Cc2ccc(C(F)(F)F)cc2)C1. The summed E-state index contributed by atoms with van der Waals surface area (Å²) in [5.74, 6) is 0.318. The molecule has 1 fully saturated rings. The van der Waals surface area contributed by atoms with Gasteiger partial charge in [-0.05, 0) is 36.5 Å². The highest BCUT2D eigenvalue weighted by molar-refractivity contribution is 7.86. The second kappa shape index (κ2) is 6.78. The van der Waals surface area contributed by atoms with E-state index in [1.165, 1.54) is 27.8 Å².